The van der Waals surface area contributed by atoms with Crippen LogP contribution in [0, 0.1) is 12.8 Å². The second kappa shape index (κ2) is 16.1. The highest BCUT2D eigenvalue weighted by Crippen LogP contribution is 2.38. The minimum Gasteiger partial charge on any atom is -0.481 e. The fraction of sp³-hybridized carbons (Fsp3) is 0.361. The molecule has 1 aliphatic heterocycles. The van der Waals surface area contributed by atoms with E-state index in [1.165, 1.54) is 0 Å². The number of benzene rings is 1. The van der Waals surface area contributed by atoms with Crippen molar-refractivity contribution in [1.82, 2.24) is 30.9 Å². The molecule has 0 spiro atoms. The molecule has 48 heavy (non-hydrogen) atoms. The molecule has 1 fully saturated rings. The van der Waals surface area contributed by atoms with Gasteiger partial charge < -0.3 is 31.1 Å². The van der Waals surface area contributed by atoms with Gasteiger partial charge in [-0.1, -0.05) is 49.7 Å². The van der Waals surface area contributed by atoms with Crippen LogP contribution in [-0.2, 0) is 17.9 Å². The maximum Gasteiger partial charge on any atom is 0.274 e. The summed E-state index contributed by atoms with van der Waals surface area (Å²) in [7, 11) is 1.58. The molecule has 12 heteroatoms. The summed E-state index contributed by atoms with van der Waals surface area (Å²) in [6.45, 7) is 7.80. The monoisotopic (exact) mass is 671 g/mol. The molecule has 0 bridgehead atoms. The molecule has 3 aromatic heterocycles. The van der Waals surface area contributed by atoms with Gasteiger partial charge in [0.25, 0.3) is 5.91 Å². The maximum atomic E-state index is 13.2. The Morgan fingerprint density at radius 2 is 1.94 bits per heavy atom. The number of nitrogens with zero attached hydrogens (tertiary/aromatic N) is 3. The number of aromatic nitrogens is 3. The molecule has 0 unspecified atom stereocenters. The number of ether oxygens (including phenoxy) is 1. The molecular formula is C36H42ClN7O4. The number of halogens is 1. The Bertz CT molecular complexity index is 1750. The summed E-state index contributed by atoms with van der Waals surface area (Å²) in [6, 6.07) is 14.9. The number of carbonyl (C=O) groups excluding carboxylic acids is 2. The summed E-state index contributed by atoms with van der Waals surface area (Å²) in [5, 5.41) is 22.6. The third kappa shape index (κ3) is 8.35. The predicted molar refractivity (Wildman–Crippen MR) is 187 cm³/mol. The number of aliphatic hydroxyl groups excluding tert-OH is 1. The first-order valence-corrected chi connectivity index (χ1v) is 16.5. The predicted octanol–water partition coefficient (Wildman–Crippen LogP) is 4.90. The normalized spacial score (nSPS) is 15.0. The Hall–Kier alpha value is -4.42. The van der Waals surface area contributed by atoms with E-state index in [0.717, 1.165) is 28.7 Å². The quantitative estimate of drug-likeness (QED) is 0.126. The SMILES string of the molecule is COc1nc(-c2ccnc(-c3cccc(NC(=O)c4ccc(CN[C@H](CO)C(C)C)cn4)c3C)c2Cl)ccc1CNC[C@@H]1CCC(=O)N1. The highest BCUT2D eigenvalue weighted by molar-refractivity contribution is 6.35. The fourth-order valence-electron chi connectivity index (χ4n) is 5.61. The molecule has 252 valence electrons. The van der Waals surface area contributed by atoms with E-state index in [9.17, 15) is 14.7 Å². The second-order valence-electron chi connectivity index (χ2n) is 12.2. The average Bonchev–Trinajstić information content (AvgIpc) is 3.51. The van der Waals surface area contributed by atoms with E-state index in [1.807, 2.05) is 63.2 Å². The van der Waals surface area contributed by atoms with Crippen molar-refractivity contribution in [2.45, 2.75) is 58.8 Å². The summed E-state index contributed by atoms with van der Waals surface area (Å²) in [6.07, 6.45) is 4.74. The van der Waals surface area contributed by atoms with Gasteiger partial charge >= 0.3 is 0 Å². The smallest absolute Gasteiger partial charge is 0.274 e. The van der Waals surface area contributed by atoms with Crippen molar-refractivity contribution in [2.75, 3.05) is 25.6 Å². The van der Waals surface area contributed by atoms with E-state index in [0.29, 0.717) is 65.5 Å². The number of hydrogen-bond donors (Lipinski definition) is 5. The summed E-state index contributed by atoms with van der Waals surface area (Å²) in [4.78, 5) is 38.4. The Morgan fingerprint density at radius 3 is 2.62 bits per heavy atom. The van der Waals surface area contributed by atoms with Gasteiger partial charge in [-0.15, -0.1) is 0 Å². The van der Waals surface area contributed by atoms with E-state index in [2.05, 4.69) is 31.2 Å². The summed E-state index contributed by atoms with van der Waals surface area (Å²) < 4.78 is 5.61. The van der Waals surface area contributed by atoms with Crippen molar-refractivity contribution in [1.29, 1.82) is 0 Å². The molecule has 1 saturated heterocycles. The van der Waals surface area contributed by atoms with Gasteiger partial charge in [0, 0.05) is 72.9 Å². The van der Waals surface area contributed by atoms with Crippen LogP contribution in [0.4, 0.5) is 5.69 Å². The van der Waals surface area contributed by atoms with Crippen molar-refractivity contribution in [2.24, 2.45) is 5.92 Å². The van der Waals surface area contributed by atoms with Crippen molar-refractivity contribution in [3.63, 3.8) is 0 Å². The van der Waals surface area contributed by atoms with Gasteiger partial charge in [-0.05, 0) is 54.7 Å². The Labute approximate surface area is 285 Å². The zero-order valence-electron chi connectivity index (χ0n) is 27.6. The lowest BCUT2D eigenvalue weighted by molar-refractivity contribution is -0.119. The minimum absolute atomic E-state index is 0.0152. The molecule has 0 saturated carbocycles. The third-order valence-corrected chi connectivity index (χ3v) is 8.94. The highest BCUT2D eigenvalue weighted by atomic mass is 35.5. The summed E-state index contributed by atoms with van der Waals surface area (Å²) in [5.41, 5.74) is 6.16. The van der Waals surface area contributed by atoms with Gasteiger partial charge in [-0.3, -0.25) is 19.6 Å². The number of aliphatic hydroxyl groups is 1. The molecule has 11 nitrogen and oxygen atoms in total. The van der Waals surface area contributed by atoms with Gasteiger partial charge in [-0.25, -0.2) is 4.98 Å². The van der Waals surface area contributed by atoms with E-state index in [4.69, 9.17) is 21.3 Å². The zero-order valence-corrected chi connectivity index (χ0v) is 28.4. The van der Waals surface area contributed by atoms with Gasteiger partial charge in [0.1, 0.15) is 5.69 Å². The number of amides is 2. The van der Waals surface area contributed by atoms with E-state index in [-0.39, 0.29) is 36.2 Å². The van der Waals surface area contributed by atoms with Crippen LogP contribution in [0.25, 0.3) is 22.5 Å². The highest BCUT2D eigenvalue weighted by Gasteiger charge is 2.21. The lowest BCUT2D eigenvalue weighted by atomic mass is 10.0. The largest absolute Gasteiger partial charge is 0.481 e. The molecule has 4 heterocycles. The van der Waals surface area contributed by atoms with Crippen LogP contribution in [0.15, 0.2) is 60.9 Å². The number of nitrogens with one attached hydrogen (secondary N) is 4. The van der Waals surface area contributed by atoms with Gasteiger partial charge in [0.15, 0.2) is 0 Å². The van der Waals surface area contributed by atoms with Crippen LogP contribution in [0.2, 0.25) is 5.02 Å². The van der Waals surface area contributed by atoms with E-state index < -0.39 is 0 Å². The molecule has 5 rings (SSSR count). The zero-order chi connectivity index (χ0) is 34.2. The molecule has 1 aliphatic rings. The number of rotatable bonds is 14. The van der Waals surface area contributed by atoms with Crippen LogP contribution in [0.1, 0.15) is 53.9 Å². The number of methoxy groups -OCH3 is 1. The van der Waals surface area contributed by atoms with Gasteiger partial charge in [-0.2, -0.15) is 0 Å². The van der Waals surface area contributed by atoms with Crippen molar-refractivity contribution < 1.29 is 19.4 Å². The maximum absolute atomic E-state index is 13.2. The molecule has 1 aromatic carbocycles. The molecule has 5 N–H and O–H groups in total. The van der Waals surface area contributed by atoms with Crippen LogP contribution in [0.5, 0.6) is 5.88 Å². The Morgan fingerprint density at radius 1 is 1.10 bits per heavy atom. The number of hydrogen-bond acceptors (Lipinski definition) is 9. The van der Waals surface area contributed by atoms with Crippen molar-refractivity contribution in [3.05, 3.63) is 88.3 Å². The molecule has 2 amide bonds. The van der Waals surface area contributed by atoms with Crippen molar-refractivity contribution >= 4 is 29.1 Å². The average molecular weight is 672 g/mol. The lowest BCUT2D eigenvalue weighted by Gasteiger charge is -2.19. The summed E-state index contributed by atoms with van der Waals surface area (Å²) in [5.74, 6) is 0.526. The molecule has 0 aliphatic carbocycles. The third-order valence-electron chi connectivity index (χ3n) is 8.55. The van der Waals surface area contributed by atoms with Crippen LogP contribution >= 0.6 is 11.6 Å². The first kappa shape index (κ1) is 34.9. The second-order valence-corrected chi connectivity index (χ2v) is 12.6. The first-order chi connectivity index (χ1) is 23.2. The van der Waals surface area contributed by atoms with Gasteiger partial charge in [0.05, 0.1) is 30.1 Å². The molecular weight excluding hydrogens is 630 g/mol. The lowest BCUT2D eigenvalue weighted by Crippen LogP contribution is -2.36. The minimum atomic E-state index is -0.336. The van der Waals surface area contributed by atoms with Crippen LogP contribution in [0.3, 0.4) is 0 Å². The van der Waals surface area contributed by atoms with Crippen molar-refractivity contribution in [3.8, 4) is 28.4 Å². The van der Waals surface area contributed by atoms with E-state index >= 15 is 0 Å². The Kier molecular flexibility index (Phi) is 11.7. The molecule has 2 atom stereocenters. The fourth-order valence-corrected chi connectivity index (χ4v) is 5.92. The topological polar surface area (TPSA) is 150 Å². The summed E-state index contributed by atoms with van der Waals surface area (Å²) >= 11 is 6.99. The van der Waals surface area contributed by atoms with Crippen LogP contribution < -0.4 is 26.0 Å². The standard InChI is InChI=1S/C36H42ClN7O4/c1-21(2)31(20-45)41-17-23-8-11-30(40-16-23)35(47)43-28-7-5-6-26(22(28)3)34-33(37)27(14-15-39-34)29-12-9-24(36(44-29)48-4)18-38-19-25-10-13-32(46)42-25/h5-9,11-12,14-16,21,25,31,38,41,45H,10,13,17-20H2,1-4H3,(H,42,46)(H,43,47)/t25-,31+/m0/s1. The molecule has 4 aromatic rings. The first-order valence-electron chi connectivity index (χ1n) is 16.1. The van der Waals surface area contributed by atoms with E-state index in [1.54, 1.807) is 25.6 Å². The number of pyridine rings is 3. The number of anilines is 1. The molecule has 0 radical (unpaired) electrons. The van der Waals surface area contributed by atoms with Gasteiger partial charge in [0.2, 0.25) is 11.8 Å². The Balaban J connectivity index is 1.29. The van der Waals surface area contributed by atoms with Crippen LogP contribution in [-0.4, -0.2) is 64.2 Å². The number of carbonyl (C=O) groups is 2.